The van der Waals surface area contributed by atoms with E-state index in [-0.39, 0.29) is 0 Å². The van der Waals surface area contributed by atoms with Crippen molar-refractivity contribution in [1.29, 1.82) is 0 Å². The molecule has 0 aliphatic rings. The van der Waals surface area contributed by atoms with E-state index in [1.54, 1.807) is 6.92 Å². The minimum absolute atomic E-state index is 0.315. The first-order valence-electron chi connectivity index (χ1n) is 3.39. The molecule has 0 atom stereocenters. The first kappa shape index (κ1) is 9.68. The Balaban J connectivity index is 3.64. The number of hydrogen-bond acceptors (Lipinski definition) is 2. The Kier molecular flexibility index (Phi) is 4.81. The number of amides is 2. The smallest absolute Gasteiger partial charge is 0.309 e. The van der Waals surface area contributed by atoms with Crippen molar-refractivity contribution in [3.63, 3.8) is 0 Å². The van der Waals surface area contributed by atoms with E-state index in [2.05, 4.69) is 17.2 Å². The quantitative estimate of drug-likeness (QED) is 0.424. The van der Waals surface area contributed by atoms with Crippen molar-refractivity contribution in [2.75, 3.05) is 13.1 Å². The summed E-state index contributed by atoms with van der Waals surface area (Å²) in [5.41, 5.74) is 0. The first-order chi connectivity index (χ1) is 5.22. The summed E-state index contributed by atoms with van der Waals surface area (Å²) in [4.78, 5) is 21.4. The predicted molar refractivity (Wildman–Crippen MR) is 41.9 cm³/mol. The molecule has 0 fully saturated rings. The lowest BCUT2D eigenvalue weighted by atomic mass is 10.5. The summed E-state index contributed by atoms with van der Waals surface area (Å²) in [6.45, 7) is 5.91. The Labute approximate surface area is 65.7 Å². The number of carbonyl (C=O) groups is 2. The van der Waals surface area contributed by atoms with Gasteiger partial charge in [-0.15, -0.1) is 6.58 Å². The van der Waals surface area contributed by atoms with Gasteiger partial charge in [0.1, 0.15) is 0 Å². The summed E-state index contributed by atoms with van der Waals surface area (Å²) in [5, 5.41) is 4.72. The molecule has 0 aromatic heterocycles. The van der Waals surface area contributed by atoms with E-state index in [1.165, 1.54) is 6.08 Å². The maximum absolute atomic E-state index is 10.7. The number of carbonyl (C=O) groups excluding carboxylic acids is 2. The Hall–Kier alpha value is -1.32. The van der Waals surface area contributed by atoms with Crippen LogP contribution in [0.4, 0.5) is 0 Å². The Morgan fingerprint density at radius 2 is 1.91 bits per heavy atom. The van der Waals surface area contributed by atoms with Crippen molar-refractivity contribution in [2.45, 2.75) is 6.92 Å². The molecule has 0 aliphatic heterocycles. The number of rotatable bonds is 3. The summed E-state index contributed by atoms with van der Waals surface area (Å²) < 4.78 is 0. The van der Waals surface area contributed by atoms with Gasteiger partial charge >= 0.3 is 11.8 Å². The van der Waals surface area contributed by atoms with E-state index in [9.17, 15) is 9.59 Å². The van der Waals surface area contributed by atoms with Gasteiger partial charge in [0, 0.05) is 13.1 Å². The average Bonchev–Trinajstić information content (AvgIpc) is 2.00. The van der Waals surface area contributed by atoms with Gasteiger partial charge in [0.2, 0.25) is 0 Å². The van der Waals surface area contributed by atoms with Crippen molar-refractivity contribution in [3.05, 3.63) is 12.7 Å². The summed E-state index contributed by atoms with van der Waals surface area (Å²) in [6, 6.07) is 0. The normalized spacial score (nSPS) is 8.45. The van der Waals surface area contributed by atoms with Crippen molar-refractivity contribution in [2.24, 2.45) is 0 Å². The van der Waals surface area contributed by atoms with Gasteiger partial charge in [-0.05, 0) is 6.92 Å². The van der Waals surface area contributed by atoms with Crippen molar-refractivity contribution >= 4 is 11.8 Å². The first-order valence-corrected chi connectivity index (χ1v) is 3.39. The molecule has 2 N–H and O–H groups in total. The highest BCUT2D eigenvalue weighted by Crippen LogP contribution is 1.68. The minimum Gasteiger partial charge on any atom is -0.348 e. The third-order valence-electron chi connectivity index (χ3n) is 0.951. The van der Waals surface area contributed by atoms with Crippen molar-refractivity contribution in [3.8, 4) is 0 Å². The molecule has 4 heteroatoms. The second kappa shape index (κ2) is 5.46. The van der Waals surface area contributed by atoms with Gasteiger partial charge in [-0.1, -0.05) is 6.08 Å². The number of nitrogens with one attached hydrogen (secondary N) is 2. The third-order valence-corrected chi connectivity index (χ3v) is 0.951. The Morgan fingerprint density at radius 1 is 1.36 bits per heavy atom. The molecule has 0 aromatic carbocycles. The molecule has 0 saturated carbocycles. The SMILES string of the molecule is C=CCNC(=O)C(=O)NCC. The van der Waals surface area contributed by atoms with Crippen LogP contribution in [0.15, 0.2) is 12.7 Å². The molecule has 0 saturated heterocycles. The fourth-order valence-corrected chi connectivity index (χ4v) is 0.486. The van der Waals surface area contributed by atoms with Crippen LogP contribution in [0.3, 0.4) is 0 Å². The molecular formula is C7H12N2O2. The van der Waals surface area contributed by atoms with Gasteiger partial charge in [-0.2, -0.15) is 0 Å². The van der Waals surface area contributed by atoms with Crippen molar-refractivity contribution in [1.82, 2.24) is 10.6 Å². The Morgan fingerprint density at radius 3 is 2.36 bits per heavy atom. The monoisotopic (exact) mass is 156 g/mol. The molecule has 0 spiro atoms. The third kappa shape index (κ3) is 4.13. The molecule has 0 heterocycles. The lowest BCUT2D eigenvalue weighted by molar-refractivity contribution is -0.139. The summed E-state index contributed by atoms with van der Waals surface area (Å²) in [6.07, 6.45) is 1.51. The molecule has 0 rings (SSSR count). The largest absolute Gasteiger partial charge is 0.348 e. The summed E-state index contributed by atoms with van der Waals surface area (Å²) >= 11 is 0. The predicted octanol–water partition coefficient (Wildman–Crippen LogP) is -0.575. The van der Waals surface area contributed by atoms with Gasteiger partial charge in [-0.25, -0.2) is 0 Å². The minimum atomic E-state index is -0.619. The van der Waals surface area contributed by atoms with Gasteiger partial charge in [-0.3, -0.25) is 9.59 Å². The molecule has 0 bridgehead atoms. The molecule has 2 amide bonds. The van der Waals surface area contributed by atoms with Crippen LogP contribution in [-0.4, -0.2) is 24.9 Å². The summed E-state index contributed by atoms with van der Waals surface area (Å²) in [7, 11) is 0. The molecule has 62 valence electrons. The van der Waals surface area contributed by atoms with E-state index in [4.69, 9.17) is 0 Å². The molecule has 0 radical (unpaired) electrons. The van der Waals surface area contributed by atoms with Gasteiger partial charge in [0.25, 0.3) is 0 Å². The molecule has 0 aromatic rings. The fraction of sp³-hybridized carbons (Fsp3) is 0.429. The zero-order valence-corrected chi connectivity index (χ0v) is 6.52. The Bertz CT molecular complexity index is 166. The van der Waals surface area contributed by atoms with E-state index < -0.39 is 11.8 Å². The zero-order chi connectivity index (χ0) is 8.69. The van der Waals surface area contributed by atoms with E-state index in [0.29, 0.717) is 13.1 Å². The fourth-order valence-electron chi connectivity index (χ4n) is 0.486. The highest BCUT2D eigenvalue weighted by atomic mass is 16.2. The highest BCUT2D eigenvalue weighted by Gasteiger charge is 2.09. The van der Waals surface area contributed by atoms with Crippen LogP contribution in [-0.2, 0) is 9.59 Å². The van der Waals surface area contributed by atoms with Crippen molar-refractivity contribution < 1.29 is 9.59 Å². The number of likely N-dealkylation sites (N-methyl/N-ethyl adjacent to an activating group) is 1. The van der Waals surface area contributed by atoms with Gasteiger partial charge in [0.05, 0.1) is 0 Å². The molecule has 0 aliphatic carbocycles. The van der Waals surface area contributed by atoms with Crippen LogP contribution in [0.2, 0.25) is 0 Å². The molecule has 4 nitrogen and oxygen atoms in total. The highest BCUT2D eigenvalue weighted by molar-refractivity contribution is 6.35. The van der Waals surface area contributed by atoms with E-state index >= 15 is 0 Å². The van der Waals surface area contributed by atoms with E-state index in [0.717, 1.165) is 0 Å². The van der Waals surface area contributed by atoms with Crippen LogP contribution in [0.1, 0.15) is 6.92 Å². The number of hydrogen-bond donors (Lipinski definition) is 2. The van der Waals surface area contributed by atoms with Crippen LogP contribution >= 0.6 is 0 Å². The van der Waals surface area contributed by atoms with Crippen LogP contribution in [0.5, 0.6) is 0 Å². The van der Waals surface area contributed by atoms with Crippen LogP contribution in [0.25, 0.3) is 0 Å². The van der Waals surface area contributed by atoms with Crippen LogP contribution < -0.4 is 10.6 Å². The van der Waals surface area contributed by atoms with Gasteiger partial charge in [0.15, 0.2) is 0 Å². The maximum atomic E-state index is 10.7. The summed E-state index contributed by atoms with van der Waals surface area (Å²) in [5.74, 6) is -1.22. The zero-order valence-electron chi connectivity index (χ0n) is 6.52. The van der Waals surface area contributed by atoms with Gasteiger partial charge < -0.3 is 10.6 Å². The average molecular weight is 156 g/mol. The van der Waals surface area contributed by atoms with Crippen LogP contribution in [0, 0.1) is 0 Å². The second-order valence-corrected chi connectivity index (χ2v) is 1.86. The van der Waals surface area contributed by atoms with E-state index in [1.807, 2.05) is 0 Å². The second-order valence-electron chi connectivity index (χ2n) is 1.86. The lowest BCUT2D eigenvalue weighted by Crippen LogP contribution is -2.39. The molecule has 0 unspecified atom stereocenters. The topological polar surface area (TPSA) is 58.2 Å². The molecule has 11 heavy (non-hydrogen) atoms. The maximum Gasteiger partial charge on any atom is 0.309 e. The lowest BCUT2D eigenvalue weighted by Gasteiger charge is -2.00. The standard InChI is InChI=1S/C7H12N2O2/c1-3-5-9-7(11)6(10)8-4-2/h3H,1,4-5H2,2H3,(H,8,10)(H,9,11). The molecular weight excluding hydrogens is 144 g/mol.